The largest absolute Gasteiger partial charge is 0.569 e. The molecule has 96 valence electrons. The molecule has 0 aliphatic rings. The van der Waals surface area contributed by atoms with Gasteiger partial charge in [-0.2, -0.15) is 0 Å². The smallest absolute Gasteiger partial charge is 0.233 e. The third-order valence-electron chi connectivity index (χ3n) is 2.24. The molecule has 0 radical (unpaired) electrons. The van der Waals surface area contributed by atoms with E-state index < -0.39 is 0 Å². The molecule has 0 bridgehead atoms. The number of aliphatic hydroxyl groups excluding tert-OH is 1. The summed E-state index contributed by atoms with van der Waals surface area (Å²) in [5.41, 5.74) is 0. The summed E-state index contributed by atoms with van der Waals surface area (Å²) in [4.78, 5) is 5.39. The summed E-state index contributed by atoms with van der Waals surface area (Å²) in [6.07, 6.45) is 3.65. The summed E-state index contributed by atoms with van der Waals surface area (Å²) in [5, 5.41) is 24.8. The first-order valence-corrected chi connectivity index (χ1v) is 5.92. The molecule has 0 aromatic heterocycles. The van der Waals surface area contributed by atoms with Gasteiger partial charge in [0.05, 0.1) is 18.1 Å². The molecule has 1 N–H and O–H groups in total. The highest BCUT2D eigenvalue weighted by Crippen LogP contribution is 1.99. The lowest BCUT2D eigenvalue weighted by molar-refractivity contribution is -0.710. The highest BCUT2D eigenvalue weighted by Gasteiger charge is 2.06. The van der Waals surface area contributed by atoms with Gasteiger partial charge in [0.15, 0.2) is 0 Å². The topological polar surface area (TPSA) is 71.1 Å². The predicted octanol–water partition coefficient (Wildman–Crippen LogP) is 1.69. The zero-order valence-corrected chi connectivity index (χ0v) is 10.3. The fourth-order valence-electron chi connectivity index (χ4n) is 1.24. The Morgan fingerprint density at radius 3 is 2.38 bits per heavy atom. The first-order valence-electron chi connectivity index (χ1n) is 5.92. The second kappa shape index (κ2) is 10.5. The molecule has 0 aromatic rings. The van der Waals surface area contributed by atoms with Crippen LogP contribution >= 0.6 is 0 Å². The van der Waals surface area contributed by atoms with Crippen LogP contribution in [0.2, 0.25) is 0 Å². The van der Waals surface area contributed by atoms with Gasteiger partial charge < -0.3 is 15.2 Å². The van der Waals surface area contributed by atoms with Crippen LogP contribution in [0, 0.1) is 5.21 Å². The Labute approximate surface area is 97.0 Å². The zero-order chi connectivity index (χ0) is 12.2. The highest BCUT2D eigenvalue weighted by atomic mass is 16.7. The van der Waals surface area contributed by atoms with Crippen LogP contribution in [0.1, 0.15) is 39.5 Å². The van der Waals surface area contributed by atoms with Crippen molar-refractivity contribution in [1.82, 2.24) is 5.01 Å². The number of unbranched alkanes of at least 4 members (excludes halogenated alkanes) is 3. The highest BCUT2D eigenvalue weighted by molar-refractivity contribution is 4.40. The number of hydrogen-bond acceptors (Lipinski definition) is 4. The van der Waals surface area contributed by atoms with Crippen molar-refractivity contribution >= 4 is 0 Å². The van der Waals surface area contributed by atoms with Gasteiger partial charge in [-0.25, -0.2) is 0 Å². The van der Waals surface area contributed by atoms with Gasteiger partial charge >= 0.3 is 0 Å². The fourth-order valence-corrected chi connectivity index (χ4v) is 1.24. The molecular formula is C10H23N3O3. The van der Waals surface area contributed by atoms with Crippen LogP contribution < -0.4 is 0 Å². The molecule has 0 heterocycles. The predicted molar refractivity (Wildman–Crippen MR) is 60.5 cm³/mol. The van der Waals surface area contributed by atoms with E-state index in [-0.39, 0.29) is 6.61 Å². The van der Waals surface area contributed by atoms with Crippen molar-refractivity contribution in [3.05, 3.63) is 5.21 Å². The van der Waals surface area contributed by atoms with Crippen molar-refractivity contribution in [1.29, 1.82) is 0 Å². The maximum absolute atomic E-state index is 11.3. The zero-order valence-electron chi connectivity index (χ0n) is 10.3. The lowest BCUT2D eigenvalue weighted by Gasteiger charge is -2.13. The molecule has 0 aromatic carbocycles. The molecule has 0 saturated heterocycles. The summed E-state index contributed by atoms with van der Waals surface area (Å²) in [6.45, 7) is 5.69. The summed E-state index contributed by atoms with van der Waals surface area (Å²) in [6, 6.07) is 0. The molecule has 0 fully saturated rings. The first kappa shape index (κ1) is 15.0. The van der Waals surface area contributed by atoms with E-state index in [0.29, 0.717) is 24.7 Å². The number of aliphatic hydroxyl groups is 1. The van der Waals surface area contributed by atoms with Gasteiger partial charge in [-0.05, 0) is 33.1 Å². The molecule has 0 atom stereocenters. The number of hydrazine groups is 1. The minimum atomic E-state index is 0.238. The van der Waals surface area contributed by atoms with E-state index in [0.717, 1.165) is 25.7 Å². The van der Waals surface area contributed by atoms with E-state index in [1.807, 2.05) is 13.8 Å². The van der Waals surface area contributed by atoms with E-state index in [2.05, 4.69) is 5.28 Å². The van der Waals surface area contributed by atoms with Crippen molar-refractivity contribution in [2.24, 2.45) is 5.28 Å². The van der Waals surface area contributed by atoms with Crippen LogP contribution in [0.4, 0.5) is 0 Å². The van der Waals surface area contributed by atoms with Crippen LogP contribution in [-0.4, -0.2) is 41.4 Å². The van der Waals surface area contributed by atoms with Crippen molar-refractivity contribution in [2.75, 3.05) is 26.3 Å². The average Bonchev–Trinajstić information content (AvgIpc) is 2.29. The van der Waals surface area contributed by atoms with Gasteiger partial charge in [0.25, 0.3) is 0 Å². The quantitative estimate of drug-likeness (QED) is 0.270. The summed E-state index contributed by atoms with van der Waals surface area (Å²) >= 11 is 0. The summed E-state index contributed by atoms with van der Waals surface area (Å²) in [7, 11) is 0. The van der Waals surface area contributed by atoms with Gasteiger partial charge in [0.2, 0.25) is 5.28 Å². The van der Waals surface area contributed by atoms with Crippen LogP contribution in [-0.2, 0) is 4.84 Å². The molecule has 0 aliphatic carbocycles. The van der Waals surface area contributed by atoms with E-state index in [4.69, 9.17) is 9.94 Å². The maximum Gasteiger partial charge on any atom is 0.233 e. The molecule has 0 spiro atoms. The Hall–Kier alpha value is -1.04. The van der Waals surface area contributed by atoms with Gasteiger partial charge in [0.1, 0.15) is 6.61 Å². The van der Waals surface area contributed by atoms with E-state index in [9.17, 15) is 5.21 Å². The molecule has 0 unspecified atom stereocenters. The monoisotopic (exact) mass is 233 g/mol. The minimum Gasteiger partial charge on any atom is -0.569 e. The number of hydrogen-bond donors (Lipinski definition) is 1. The van der Waals surface area contributed by atoms with Crippen molar-refractivity contribution < 1.29 is 14.9 Å². The molecule has 0 amide bonds. The van der Waals surface area contributed by atoms with Crippen LogP contribution in [0.15, 0.2) is 5.28 Å². The van der Waals surface area contributed by atoms with Crippen LogP contribution in [0.25, 0.3) is 0 Å². The van der Waals surface area contributed by atoms with Crippen molar-refractivity contribution in [3.63, 3.8) is 0 Å². The van der Waals surface area contributed by atoms with E-state index >= 15 is 0 Å². The third kappa shape index (κ3) is 7.28. The molecule has 0 aliphatic heterocycles. The SMILES string of the molecule is CCN(CC)/[N+]([O-])=N/OCCCCCCO. The molecule has 6 heteroatoms. The Balaban J connectivity index is 3.51. The van der Waals surface area contributed by atoms with Crippen molar-refractivity contribution in [2.45, 2.75) is 39.5 Å². The normalized spacial score (nSPS) is 11.6. The first-order chi connectivity index (χ1) is 7.76. The Kier molecular flexibility index (Phi) is 9.80. The number of nitrogens with zero attached hydrogens (tertiary/aromatic N) is 3. The van der Waals surface area contributed by atoms with Gasteiger partial charge in [-0.15, -0.1) is 5.01 Å². The van der Waals surface area contributed by atoms with E-state index in [1.165, 1.54) is 5.01 Å². The molecule has 16 heavy (non-hydrogen) atoms. The van der Waals surface area contributed by atoms with Gasteiger partial charge in [0, 0.05) is 6.61 Å². The number of rotatable bonds is 10. The molecule has 0 rings (SSSR count). The summed E-state index contributed by atoms with van der Waals surface area (Å²) < 4.78 is 0. The van der Waals surface area contributed by atoms with Gasteiger partial charge in [-0.3, -0.25) is 0 Å². The Morgan fingerprint density at radius 1 is 1.19 bits per heavy atom. The lowest BCUT2D eigenvalue weighted by atomic mass is 10.2. The molecule has 6 nitrogen and oxygen atoms in total. The van der Waals surface area contributed by atoms with Crippen LogP contribution in [0.5, 0.6) is 0 Å². The van der Waals surface area contributed by atoms with E-state index in [1.54, 1.807) is 0 Å². The Bertz CT molecular complexity index is 184. The molecular weight excluding hydrogens is 210 g/mol. The lowest BCUT2D eigenvalue weighted by Crippen LogP contribution is -2.30. The second-order valence-corrected chi connectivity index (χ2v) is 3.44. The molecule has 0 saturated carbocycles. The fraction of sp³-hybridized carbons (Fsp3) is 1.00. The van der Waals surface area contributed by atoms with Crippen molar-refractivity contribution in [3.8, 4) is 0 Å². The summed E-state index contributed by atoms with van der Waals surface area (Å²) in [5.74, 6) is 0. The average molecular weight is 233 g/mol. The van der Waals surface area contributed by atoms with Crippen LogP contribution in [0.3, 0.4) is 0 Å². The second-order valence-electron chi connectivity index (χ2n) is 3.44. The Morgan fingerprint density at radius 2 is 1.81 bits per heavy atom. The maximum atomic E-state index is 11.3. The van der Waals surface area contributed by atoms with Gasteiger partial charge in [-0.1, -0.05) is 6.42 Å². The standard InChI is InChI=1S/C10H23N3O3/c1-3-12(4-2)13(15)11-16-10-8-6-5-7-9-14/h14H,3-10H2,1-2H3/b13-11-. The third-order valence-corrected chi connectivity index (χ3v) is 2.24. The minimum absolute atomic E-state index is 0.238.